The van der Waals surface area contributed by atoms with Gasteiger partial charge < -0.3 is 17.9 Å². The molecule has 2 aliphatic rings. The summed E-state index contributed by atoms with van der Waals surface area (Å²) in [5.74, 6) is 1.71. The molecule has 0 aliphatic heterocycles. The first kappa shape index (κ1) is 29.1. The van der Waals surface area contributed by atoms with Crippen LogP contribution in [0.15, 0.2) is 81.2 Å². The van der Waals surface area contributed by atoms with Crippen LogP contribution < -0.4 is 14.1 Å². The maximum absolute atomic E-state index is 7.18. The Morgan fingerprint density at radius 2 is 1.02 bits per heavy atom. The lowest BCUT2D eigenvalue weighted by atomic mass is 9.84. The topological polar surface area (TPSA) is 48.0 Å². The first-order chi connectivity index (χ1) is 21.6. The van der Waals surface area contributed by atoms with Crippen molar-refractivity contribution in [1.82, 2.24) is 0 Å². The van der Waals surface area contributed by atoms with E-state index in [4.69, 9.17) is 17.9 Å². The van der Waals surface area contributed by atoms with E-state index in [0.29, 0.717) is 0 Å². The third-order valence-electron chi connectivity index (χ3n) is 9.75. The summed E-state index contributed by atoms with van der Waals surface area (Å²) in [6.45, 7) is 4.45. The maximum Gasteiger partial charge on any atom is 0.310 e. The van der Waals surface area contributed by atoms with Crippen molar-refractivity contribution < 1.29 is 17.9 Å². The minimum Gasteiger partial charge on any atom is -0.496 e. The molecule has 7 rings (SSSR count). The maximum atomic E-state index is 7.18. The standard InChI is InChI=1S/C38H42NO4P/c1-25(29-15-9-11-19-33(29)40-3)39(26(2)30-16-10-12-20-34(30)41-4)44-42-35-23-21-27-13-5-7-17-31(27)37(35)38-32-18-8-6-14-28(32)22-24-36(38)43-44/h9-12,15-16,19-26H,5-8,13-14,17-18H2,1-4H3/t25-,26-/m0/s1. The number of para-hydroxylation sites is 2. The number of ether oxygens (including phenoxy) is 2. The van der Waals surface area contributed by atoms with E-state index in [1.807, 2.05) is 24.3 Å². The molecule has 0 spiro atoms. The van der Waals surface area contributed by atoms with Crippen molar-refractivity contribution in [2.75, 3.05) is 18.9 Å². The van der Waals surface area contributed by atoms with E-state index in [0.717, 1.165) is 59.5 Å². The molecule has 2 aliphatic carbocycles. The predicted octanol–water partition coefficient (Wildman–Crippen LogP) is 10.5. The van der Waals surface area contributed by atoms with Gasteiger partial charge in [-0.1, -0.05) is 48.5 Å². The number of fused-ring (bicyclic) bond motifs is 7. The molecule has 6 heteroatoms. The highest BCUT2D eigenvalue weighted by Crippen LogP contribution is 2.50. The number of benzene rings is 4. The van der Waals surface area contributed by atoms with Gasteiger partial charge in [0.15, 0.2) is 0 Å². The van der Waals surface area contributed by atoms with Crippen LogP contribution in [-0.2, 0) is 25.7 Å². The fraction of sp³-hybridized carbons (Fsp3) is 0.368. The zero-order valence-corrected chi connectivity index (χ0v) is 27.2. The van der Waals surface area contributed by atoms with Crippen molar-refractivity contribution in [2.45, 2.75) is 77.3 Å². The summed E-state index contributed by atoms with van der Waals surface area (Å²) in [4.78, 5) is 0. The highest BCUT2D eigenvalue weighted by Gasteiger charge is 2.32. The highest BCUT2D eigenvalue weighted by atomic mass is 31.1. The van der Waals surface area contributed by atoms with E-state index >= 15 is 0 Å². The number of methoxy groups -OCH3 is 2. The zero-order valence-electron chi connectivity index (χ0n) is 26.3. The van der Waals surface area contributed by atoms with E-state index < -0.39 is 8.16 Å². The van der Waals surface area contributed by atoms with Crippen LogP contribution in [0, 0.1) is 0 Å². The molecule has 0 bridgehead atoms. The Morgan fingerprint density at radius 1 is 0.591 bits per heavy atom. The smallest absolute Gasteiger partial charge is 0.310 e. The molecule has 4 aromatic carbocycles. The van der Waals surface area contributed by atoms with Gasteiger partial charge in [-0.25, -0.2) is 0 Å². The average Bonchev–Trinajstić information content (AvgIpc) is 3.25. The fourth-order valence-electron chi connectivity index (χ4n) is 7.52. The van der Waals surface area contributed by atoms with Crippen LogP contribution >= 0.6 is 8.16 Å². The fourth-order valence-corrected chi connectivity index (χ4v) is 9.20. The minimum absolute atomic E-state index is 0.0857. The lowest BCUT2D eigenvalue weighted by Crippen LogP contribution is -2.28. The van der Waals surface area contributed by atoms with Crippen LogP contribution in [0.5, 0.6) is 11.5 Å². The molecule has 5 nitrogen and oxygen atoms in total. The van der Waals surface area contributed by atoms with Crippen LogP contribution in [0.3, 0.4) is 0 Å². The summed E-state index contributed by atoms with van der Waals surface area (Å²) in [6, 6.07) is 25.4. The third kappa shape index (κ3) is 5.10. The molecule has 1 heterocycles. The second-order valence-electron chi connectivity index (χ2n) is 12.2. The monoisotopic (exact) mass is 607 g/mol. The summed E-state index contributed by atoms with van der Waals surface area (Å²) < 4.78 is 28.5. The molecule has 0 unspecified atom stereocenters. The Morgan fingerprint density at radius 3 is 1.48 bits per heavy atom. The molecular weight excluding hydrogens is 565 g/mol. The lowest BCUT2D eigenvalue weighted by molar-refractivity contribution is 0.399. The molecule has 5 aromatic rings. The van der Waals surface area contributed by atoms with Gasteiger partial charge >= 0.3 is 8.16 Å². The second kappa shape index (κ2) is 12.4. The van der Waals surface area contributed by atoms with Crippen molar-refractivity contribution in [1.29, 1.82) is 0 Å². The van der Waals surface area contributed by atoms with Gasteiger partial charge in [-0.3, -0.25) is 0 Å². The Balaban J connectivity index is 1.54. The first-order valence-electron chi connectivity index (χ1n) is 16.1. The summed E-state index contributed by atoms with van der Waals surface area (Å²) >= 11 is 0. The van der Waals surface area contributed by atoms with E-state index in [1.54, 1.807) is 14.2 Å². The zero-order chi connectivity index (χ0) is 30.2. The van der Waals surface area contributed by atoms with Crippen LogP contribution in [0.4, 0.5) is 0 Å². The molecule has 44 heavy (non-hydrogen) atoms. The number of hydrogen-bond donors (Lipinski definition) is 0. The molecular formula is C38H42NO4P. The van der Waals surface area contributed by atoms with Crippen LogP contribution in [0.25, 0.3) is 21.9 Å². The minimum atomic E-state index is -1.60. The van der Waals surface area contributed by atoms with Gasteiger partial charge in [0.25, 0.3) is 0 Å². The molecule has 2 atom stereocenters. The molecule has 0 N–H and O–H groups in total. The van der Waals surface area contributed by atoms with E-state index in [2.05, 4.69) is 67.0 Å². The SMILES string of the molecule is COc1ccccc1[C@H](C)N([C@@H](C)c1ccccc1OC)p1oc2ccc3c(c2c2c4c(ccc2o1)CCCC4)CCCC3. The molecule has 1 aromatic heterocycles. The predicted molar refractivity (Wildman–Crippen MR) is 181 cm³/mol. The highest BCUT2D eigenvalue weighted by molar-refractivity contribution is 7.39. The van der Waals surface area contributed by atoms with Gasteiger partial charge in [0.05, 0.1) is 14.2 Å². The summed E-state index contributed by atoms with van der Waals surface area (Å²) in [5, 5.41) is 2.55. The quantitative estimate of drug-likeness (QED) is 0.184. The van der Waals surface area contributed by atoms with Crippen LogP contribution in [0.1, 0.15) is 85.0 Å². The van der Waals surface area contributed by atoms with Gasteiger partial charge in [-0.15, -0.1) is 0 Å². The van der Waals surface area contributed by atoms with E-state index in [9.17, 15) is 0 Å². The van der Waals surface area contributed by atoms with E-state index in [1.165, 1.54) is 58.7 Å². The Labute approximate surface area is 261 Å². The van der Waals surface area contributed by atoms with Gasteiger partial charge in [0.2, 0.25) is 0 Å². The molecule has 228 valence electrons. The lowest BCUT2D eigenvalue weighted by Gasteiger charge is -2.33. The van der Waals surface area contributed by atoms with Gasteiger partial charge in [-0.2, -0.15) is 4.67 Å². The van der Waals surface area contributed by atoms with E-state index in [-0.39, 0.29) is 12.1 Å². The second-order valence-corrected chi connectivity index (χ2v) is 13.5. The number of hydrogen-bond acceptors (Lipinski definition) is 5. The van der Waals surface area contributed by atoms with Gasteiger partial charge in [0.1, 0.15) is 22.7 Å². The molecule has 0 saturated carbocycles. The average molecular weight is 608 g/mol. The van der Waals surface area contributed by atoms with Crippen molar-refractivity contribution in [2.24, 2.45) is 0 Å². The Bertz CT molecular complexity index is 1730. The summed E-state index contributed by atoms with van der Waals surface area (Å²) in [7, 11) is 1.88. The van der Waals surface area contributed by atoms with Crippen LogP contribution in [-0.4, -0.2) is 14.2 Å². The number of rotatable bonds is 7. The summed E-state index contributed by atoms with van der Waals surface area (Å²) in [5.41, 5.74) is 9.90. The number of aryl methyl sites for hydroxylation is 4. The van der Waals surface area contributed by atoms with Crippen molar-refractivity contribution in [3.63, 3.8) is 0 Å². The molecule has 0 fully saturated rings. The molecule has 0 radical (unpaired) electrons. The largest absolute Gasteiger partial charge is 0.496 e. The van der Waals surface area contributed by atoms with Gasteiger partial charge in [-0.05, 0) is 112 Å². The molecule has 0 saturated heterocycles. The van der Waals surface area contributed by atoms with Crippen molar-refractivity contribution >= 4 is 30.1 Å². The third-order valence-corrected chi connectivity index (χ3v) is 11.5. The number of nitrogens with zero attached hydrogens (tertiary/aromatic N) is 1. The summed E-state index contributed by atoms with van der Waals surface area (Å²) in [6.07, 6.45) is 9.35. The van der Waals surface area contributed by atoms with Crippen molar-refractivity contribution in [3.8, 4) is 11.5 Å². The first-order valence-corrected chi connectivity index (χ1v) is 17.2. The van der Waals surface area contributed by atoms with Crippen LogP contribution in [0.2, 0.25) is 0 Å². The Hall–Kier alpha value is -3.66. The molecule has 0 amide bonds. The van der Waals surface area contributed by atoms with Gasteiger partial charge in [0, 0.05) is 34.0 Å². The Kier molecular flexibility index (Phi) is 8.18. The normalized spacial score (nSPS) is 15.9. The van der Waals surface area contributed by atoms with Crippen molar-refractivity contribution in [3.05, 3.63) is 106 Å².